The molecule has 0 heterocycles. The lowest BCUT2D eigenvalue weighted by molar-refractivity contribution is -0.184. The Hall–Kier alpha value is -2.77. The number of aliphatic carboxylic acids is 1. The molecule has 210 valence electrons. The number of carbonyl (C=O) groups is 2. The second-order valence-corrected chi connectivity index (χ2v) is 12.8. The number of carbonyl (C=O) groups excluding carboxylic acids is 1. The predicted molar refractivity (Wildman–Crippen MR) is 140 cm³/mol. The van der Waals surface area contributed by atoms with Crippen LogP contribution >= 0.6 is 0 Å². The Kier molecular flexibility index (Phi) is 6.79. The quantitative estimate of drug-likeness (QED) is 0.395. The van der Waals surface area contributed by atoms with Gasteiger partial charge in [0.15, 0.2) is 0 Å². The second-order valence-electron chi connectivity index (χ2n) is 12.8. The minimum absolute atomic E-state index is 0.0303. The number of alkyl halides is 3. The third kappa shape index (κ3) is 5.11. The van der Waals surface area contributed by atoms with Crippen LogP contribution in [0.2, 0.25) is 0 Å². The summed E-state index contributed by atoms with van der Waals surface area (Å²) >= 11 is 0. The third-order valence-electron chi connectivity index (χ3n) is 10.1. The first kappa shape index (κ1) is 26.5. The number of nitrogens with one attached hydrogen (secondary N) is 1. The van der Waals surface area contributed by atoms with Crippen LogP contribution in [0.15, 0.2) is 36.4 Å². The largest absolute Gasteiger partial charge is 0.492 e. The van der Waals surface area contributed by atoms with Gasteiger partial charge < -0.3 is 15.2 Å². The van der Waals surface area contributed by atoms with Gasteiger partial charge in [0.2, 0.25) is 0 Å². The molecule has 0 aromatic heterocycles. The zero-order valence-corrected chi connectivity index (χ0v) is 22.0. The van der Waals surface area contributed by atoms with Gasteiger partial charge in [-0.05, 0) is 99.3 Å². The van der Waals surface area contributed by atoms with Crippen molar-refractivity contribution in [2.24, 2.45) is 35.0 Å². The van der Waals surface area contributed by atoms with Crippen LogP contribution < -0.4 is 10.1 Å². The van der Waals surface area contributed by atoms with Crippen LogP contribution in [-0.2, 0) is 4.79 Å². The molecule has 5 saturated carbocycles. The molecule has 2 N–H and O–H groups in total. The van der Waals surface area contributed by atoms with Crippen molar-refractivity contribution < 1.29 is 32.6 Å². The summed E-state index contributed by atoms with van der Waals surface area (Å²) in [6.07, 6.45) is 2.91. The number of fused-ring (bicyclic) bond motifs is 1. The molecule has 0 aliphatic heterocycles. The molecule has 1 amide bonds. The van der Waals surface area contributed by atoms with E-state index in [0.29, 0.717) is 36.3 Å². The topological polar surface area (TPSA) is 75.6 Å². The first-order valence-electron chi connectivity index (χ1n) is 14.4. The first-order chi connectivity index (χ1) is 18.6. The zero-order chi connectivity index (χ0) is 27.4. The van der Waals surface area contributed by atoms with Gasteiger partial charge in [0, 0.05) is 10.8 Å². The number of amides is 1. The molecule has 8 heteroatoms. The van der Waals surface area contributed by atoms with Crippen LogP contribution in [0.1, 0.15) is 74.6 Å². The van der Waals surface area contributed by atoms with Crippen molar-refractivity contribution in [3.63, 3.8) is 0 Å². The molecule has 5 nitrogen and oxygen atoms in total. The van der Waals surface area contributed by atoms with Crippen molar-refractivity contribution in [3.8, 4) is 5.75 Å². The van der Waals surface area contributed by atoms with E-state index in [2.05, 4.69) is 5.32 Å². The number of halogens is 3. The summed E-state index contributed by atoms with van der Waals surface area (Å²) in [7, 11) is 0. The molecular weight excluding hydrogens is 507 g/mol. The Morgan fingerprint density at radius 3 is 2.15 bits per heavy atom. The van der Waals surface area contributed by atoms with Crippen LogP contribution in [0, 0.1) is 35.0 Å². The number of hydrogen-bond donors (Lipinski definition) is 2. The lowest BCUT2D eigenvalue weighted by Crippen LogP contribution is -2.59. The monoisotopic (exact) mass is 543 g/mol. The van der Waals surface area contributed by atoms with Gasteiger partial charge in [0.25, 0.3) is 5.91 Å². The van der Waals surface area contributed by atoms with Crippen molar-refractivity contribution in [1.29, 1.82) is 0 Å². The third-order valence-corrected chi connectivity index (χ3v) is 10.1. The van der Waals surface area contributed by atoms with E-state index in [9.17, 15) is 27.9 Å². The van der Waals surface area contributed by atoms with Crippen molar-refractivity contribution in [2.45, 2.75) is 76.4 Å². The maximum absolute atomic E-state index is 13.7. The average Bonchev–Trinajstić information content (AvgIpc) is 2.89. The Bertz CT molecular complexity index is 1210. The number of rotatable bonds is 7. The van der Waals surface area contributed by atoms with Gasteiger partial charge in [-0.2, -0.15) is 13.2 Å². The number of hydrogen-bond acceptors (Lipinski definition) is 3. The predicted octanol–water partition coefficient (Wildman–Crippen LogP) is 6.99. The zero-order valence-electron chi connectivity index (χ0n) is 22.0. The van der Waals surface area contributed by atoms with E-state index in [1.54, 1.807) is 6.07 Å². The molecule has 4 bridgehead atoms. The number of ether oxygens (including phenoxy) is 1. The summed E-state index contributed by atoms with van der Waals surface area (Å²) in [6, 6.07) is 10.0. The van der Waals surface area contributed by atoms with Gasteiger partial charge in [0.05, 0.1) is 18.1 Å². The number of benzene rings is 2. The van der Waals surface area contributed by atoms with E-state index in [1.165, 1.54) is 19.3 Å². The van der Waals surface area contributed by atoms with Crippen LogP contribution in [0.4, 0.5) is 13.2 Å². The summed E-state index contributed by atoms with van der Waals surface area (Å²) in [5.41, 5.74) is -0.140. The highest BCUT2D eigenvalue weighted by Gasteiger charge is 2.56. The Morgan fingerprint density at radius 1 is 0.949 bits per heavy atom. The Morgan fingerprint density at radius 2 is 1.56 bits per heavy atom. The van der Waals surface area contributed by atoms with E-state index in [0.717, 1.165) is 30.0 Å². The minimum Gasteiger partial charge on any atom is -0.492 e. The molecule has 0 saturated heterocycles. The summed E-state index contributed by atoms with van der Waals surface area (Å²) in [5, 5.41) is 14.8. The van der Waals surface area contributed by atoms with Crippen LogP contribution in [0.5, 0.6) is 5.75 Å². The molecule has 39 heavy (non-hydrogen) atoms. The van der Waals surface area contributed by atoms with Gasteiger partial charge in [-0.25, -0.2) is 4.79 Å². The fourth-order valence-electron chi connectivity index (χ4n) is 8.65. The van der Waals surface area contributed by atoms with Crippen molar-refractivity contribution in [3.05, 3.63) is 42.0 Å². The summed E-state index contributed by atoms with van der Waals surface area (Å²) in [6.45, 7) is 0.218. The maximum atomic E-state index is 13.7. The molecule has 5 aliphatic rings. The molecule has 0 unspecified atom stereocenters. The molecular formula is C31H36F3NO4. The highest BCUT2D eigenvalue weighted by molar-refractivity contribution is 6.05. The molecule has 1 atom stereocenters. The molecule has 0 radical (unpaired) electrons. The molecule has 2 aromatic rings. The SMILES string of the molecule is O=C(N[C@H](C(=O)O)C12CC3CC(CC(C3)C1)C2)c1ccc2ccccc2c1OC[C@H]1CC[C@H](C(F)(F)F)CC1. The fourth-order valence-corrected chi connectivity index (χ4v) is 8.65. The molecule has 0 spiro atoms. The van der Waals surface area contributed by atoms with E-state index < -0.39 is 35.4 Å². The van der Waals surface area contributed by atoms with Crippen LogP contribution in [0.25, 0.3) is 10.8 Å². The first-order valence-corrected chi connectivity index (χ1v) is 14.4. The summed E-state index contributed by atoms with van der Waals surface area (Å²) in [5.74, 6) is -0.749. The van der Waals surface area contributed by atoms with Gasteiger partial charge in [-0.3, -0.25) is 4.79 Å². The van der Waals surface area contributed by atoms with E-state index in [1.807, 2.05) is 30.3 Å². The van der Waals surface area contributed by atoms with E-state index in [4.69, 9.17) is 4.74 Å². The maximum Gasteiger partial charge on any atom is 0.391 e. The smallest absolute Gasteiger partial charge is 0.391 e. The second kappa shape index (κ2) is 10.0. The van der Waals surface area contributed by atoms with Crippen molar-refractivity contribution >= 4 is 22.6 Å². The summed E-state index contributed by atoms with van der Waals surface area (Å²) < 4.78 is 45.6. The molecule has 7 rings (SSSR count). The number of carboxylic acid groups (broad SMARTS) is 1. The van der Waals surface area contributed by atoms with Gasteiger partial charge in [-0.1, -0.05) is 30.3 Å². The van der Waals surface area contributed by atoms with E-state index in [-0.39, 0.29) is 30.9 Å². The lowest BCUT2D eigenvalue weighted by Gasteiger charge is -2.58. The van der Waals surface area contributed by atoms with E-state index >= 15 is 0 Å². The highest BCUT2D eigenvalue weighted by Crippen LogP contribution is 2.61. The molecule has 5 aliphatic carbocycles. The standard InChI is InChI=1S/C31H36F3NO4/c32-31(33,34)23-8-5-18(6-9-23)17-39-26-24-4-2-1-3-22(24)7-10-25(26)28(36)35-27(29(37)38)30-14-19-11-20(15-30)13-21(12-19)16-30/h1-4,7,10,18-21,23,27H,5-6,8-9,11-17H2,(H,35,36)(H,37,38)/t18-,19?,20?,21?,23-,27-,30?/m1/s1. The lowest BCUT2D eigenvalue weighted by atomic mass is 9.47. The Labute approximate surface area is 226 Å². The average molecular weight is 544 g/mol. The van der Waals surface area contributed by atoms with Crippen molar-refractivity contribution in [1.82, 2.24) is 5.32 Å². The van der Waals surface area contributed by atoms with Gasteiger partial charge in [0.1, 0.15) is 11.8 Å². The fraction of sp³-hybridized carbons (Fsp3) is 0.613. The number of carboxylic acids is 1. The Balaban J connectivity index is 1.23. The summed E-state index contributed by atoms with van der Waals surface area (Å²) in [4.78, 5) is 26.3. The normalized spacial score (nSPS) is 32.6. The minimum atomic E-state index is -4.16. The van der Waals surface area contributed by atoms with Crippen LogP contribution in [-0.4, -0.2) is 35.8 Å². The molecule has 2 aromatic carbocycles. The molecule has 5 fully saturated rings. The van der Waals surface area contributed by atoms with Crippen LogP contribution in [0.3, 0.4) is 0 Å². The van der Waals surface area contributed by atoms with Gasteiger partial charge >= 0.3 is 12.1 Å². The van der Waals surface area contributed by atoms with Crippen molar-refractivity contribution in [2.75, 3.05) is 6.61 Å². The highest BCUT2D eigenvalue weighted by atomic mass is 19.4. The van der Waals surface area contributed by atoms with Gasteiger partial charge in [-0.15, -0.1) is 0 Å².